The number of ether oxygens (including phenoxy) is 1. The molecule has 0 radical (unpaired) electrons. The zero-order valence-corrected chi connectivity index (χ0v) is 15.4. The Morgan fingerprint density at radius 2 is 1.35 bits per heavy atom. The summed E-state index contributed by atoms with van der Waals surface area (Å²) in [4.78, 5) is 12.3. The molecule has 0 saturated heterocycles. The van der Waals surface area contributed by atoms with Gasteiger partial charge in [0.05, 0.1) is 0 Å². The molecule has 0 fully saturated rings. The number of esters is 1. The van der Waals surface area contributed by atoms with E-state index in [1.165, 1.54) is 10.4 Å². The molecule has 0 aromatic heterocycles. The lowest BCUT2D eigenvalue weighted by Crippen LogP contribution is -2.41. The van der Waals surface area contributed by atoms with E-state index in [1.807, 2.05) is 39.8 Å². The van der Waals surface area contributed by atoms with Crippen molar-refractivity contribution in [1.29, 1.82) is 0 Å². The predicted octanol–water partition coefficient (Wildman–Crippen LogP) is 2.86. The van der Waals surface area contributed by atoms with E-state index in [-0.39, 0.29) is 5.97 Å². The molecule has 3 heteroatoms. The number of hydrogen-bond acceptors (Lipinski definition) is 2. The maximum atomic E-state index is 12.3. The molecule has 0 unspecified atom stereocenters. The van der Waals surface area contributed by atoms with Gasteiger partial charge in [-0.2, -0.15) is 0 Å². The molecule has 0 aliphatic carbocycles. The minimum absolute atomic E-state index is 0.234. The zero-order chi connectivity index (χ0) is 16.9. The number of hydrogen-bond donors (Lipinski definition) is 0. The van der Waals surface area contributed by atoms with Crippen molar-refractivity contribution in [1.82, 2.24) is 0 Å². The molecule has 2 rings (SSSR count). The zero-order valence-electron chi connectivity index (χ0n) is 14.2. The van der Waals surface area contributed by atoms with Crippen LogP contribution in [0.25, 0.3) is 0 Å². The van der Waals surface area contributed by atoms with Crippen molar-refractivity contribution in [2.45, 2.75) is 33.3 Å². The van der Waals surface area contributed by atoms with E-state index in [9.17, 15) is 4.79 Å². The molecule has 0 saturated carbocycles. The van der Waals surface area contributed by atoms with Gasteiger partial charge in [0.1, 0.15) is 14.4 Å². The largest absolute Gasteiger partial charge is 0.457 e. The number of carbonyl (C=O) groups is 1. The number of carbonyl (C=O) groups excluding carboxylic acids is 1. The van der Waals surface area contributed by atoms with Gasteiger partial charge in [0.15, 0.2) is 0 Å². The Hall–Kier alpha value is -2.13. The van der Waals surface area contributed by atoms with E-state index in [1.54, 1.807) is 0 Å². The van der Waals surface area contributed by atoms with Gasteiger partial charge in [-0.25, -0.2) is 4.79 Å². The molecule has 0 spiro atoms. The normalized spacial score (nSPS) is 12.3. The van der Waals surface area contributed by atoms with Gasteiger partial charge in [-0.15, -0.1) is 0 Å². The van der Waals surface area contributed by atoms with Crippen LogP contribution in [0, 0.1) is 0 Å². The summed E-state index contributed by atoms with van der Waals surface area (Å²) < 4.78 is 5.49. The van der Waals surface area contributed by atoms with Gasteiger partial charge in [0, 0.05) is 5.57 Å². The van der Waals surface area contributed by atoms with Crippen LogP contribution in [0.15, 0.2) is 71.9 Å². The Morgan fingerprint density at radius 1 is 0.913 bits per heavy atom. The SMILES string of the molecule is CC(=C[SiH](c1ccccc1)c1ccccc1)C(=O)OC(C)(C)C. The fraction of sp³-hybridized carbons (Fsp3) is 0.250. The van der Waals surface area contributed by atoms with E-state index in [2.05, 4.69) is 54.2 Å². The summed E-state index contributed by atoms with van der Waals surface area (Å²) in [6.07, 6.45) is 0. The number of rotatable bonds is 4. The molecule has 23 heavy (non-hydrogen) atoms. The molecule has 0 aliphatic heterocycles. The summed E-state index contributed by atoms with van der Waals surface area (Å²) in [7, 11) is -1.60. The molecule has 0 heterocycles. The molecular formula is C20H24O2Si. The van der Waals surface area contributed by atoms with Crippen LogP contribution in [0.5, 0.6) is 0 Å². The van der Waals surface area contributed by atoms with Crippen LogP contribution in [0.3, 0.4) is 0 Å². The third-order valence-electron chi connectivity index (χ3n) is 3.45. The molecule has 0 amide bonds. The third kappa shape index (κ3) is 5.22. The summed E-state index contributed by atoms with van der Waals surface area (Å²) >= 11 is 0. The van der Waals surface area contributed by atoms with Crippen LogP contribution >= 0.6 is 0 Å². The Morgan fingerprint density at radius 3 is 1.74 bits per heavy atom. The first-order valence-corrected chi connectivity index (χ1v) is 9.70. The molecule has 0 N–H and O–H groups in total. The van der Waals surface area contributed by atoms with Gasteiger partial charge in [-0.05, 0) is 27.7 Å². The maximum Gasteiger partial charge on any atom is 0.333 e. The van der Waals surface area contributed by atoms with Gasteiger partial charge in [-0.3, -0.25) is 0 Å². The van der Waals surface area contributed by atoms with Gasteiger partial charge >= 0.3 is 5.97 Å². The maximum absolute atomic E-state index is 12.3. The van der Waals surface area contributed by atoms with Gasteiger partial charge in [0.25, 0.3) is 0 Å². The second kappa shape index (κ2) is 7.42. The summed E-state index contributed by atoms with van der Waals surface area (Å²) in [6, 6.07) is 20.8. The molecule has 2 nitrogen and oxygen atoms in total. The third-order valence-corrected chi connectivity index (χ3v) is 6.49. The lowest BCUT2D eigenvalue weighted by Gasteiger charge is -2.20. The topological polar surface area (TPSA) is 26.3 Å². The molecule has 0 aliphatic rings. The molecular weight excluding hydrogens is 300 g/mol. The highest BCUT2D eigenvalue weighted by Crippen LogP contribution is 2.11. The average Bonchev–Trinajstić information content (AvgIpc) is 2.52. The van der Waals surface area contributed by atoms with E-state index in [0.717, 1.165) is 0 Å². The van der Waals surface area contributed by atoms with Crippen molar-refractivity contribution in [2.75, 3.05) is 0 Å². The highest BCUT2D eigenvalue weighted by atomic mass is 28.3. The molecule has 2 aromatic carbocycles. The first kappa shape index (κ1) is 17.2. The standard InChI is InChI=1S/C20H24O2Si/c1-16(19(21)22-20(2,3)4)15-23(17-11-7-5-8-12-17)18-13-9-6-10-14-18/h5-15,23H,1-4H3. The highest BCUT2D eigenvalue weighted by Gasteiger charge is 2.20. The minimum Gasteiger partial charge on any atom is -0.457 e. The summed E-state index contributed by atoms with van der Waals surface area (Å²) in [5.74, 6) is -0.234. The van der Waals surface area contributed by atoms with Crippen LogP contribution < -0.4 is 10.4 Å². The quantitative estimate of drug-likeness (QED) is 0.491. The van der Waals surface area contributed by atoms with Crippen molar-refractivity contribution >= 4 is 25.1 Å². The average molecular weight is 324 g/mol. The van der Waals surface area contributed by atoms with E-state index < -0.39 is 14.4 Å². The Balaban J connectivity index is 2.35. The summed E-state index contributed by atoms with van der Waals surface area (Å²) in [6.45, 7) is 7.52. The van der Waals surface area contributed by atoms with Gasteiger partial charge in [0.2, 0.25) is 0 Å². The fourth-order valence-corrected chi connectivity index (χ4v) is 5.06. The summed E-state index contributed by atoms with van der Waals surface area (Å²) in [5, 5.41) is 2.59. The molecule has 2 aromatic rings. The smallest absolute Gasteiger partial charge is 0.333 e. The van der Waals surface area contributed by atoms with E-state index in [0.29, 0.717) is 5.57 Å². The monoisotopic (exact) mass is 324 g/mol. The van der Waals surface area contributed by atoms with Crippen molar-refractivity contribution < 1.29 is 9.53 Å². The van der Waals surface area contributed by atoms with Gasteiger partial charge < -0.3 is 4.74 Å². The van der Waals surface area contributed by atoms with Crippen molar-refractivity contribution in [2.24, 2.45) is 0 Å². The first-order valence-electron chi connectivity index (χ1n) is 7.88. The lowest BCUT2D eigenvalue weighted by atomic mass is 10.2. The lowest BCUT2D eigenvalue weighted by molar-refractivity contribution is -0.149. The van der Waals surface area contributed by atoms with E-state index in [4.69, 9.17) is 4.74 Å². The van der Waals surface area contributed by atoms with Crippen LogP contribution in [-0.4, -0.2) is 20.4 Å². The highest BCUT2D eigenvalue weighted by molar-refractivity contribution is 6.89. The van der Waals surface area contributed by atoms with E-state index >= 15 is 0 Å². The molecule has 120 valence electrons. The predicted molar refractivity (Wildman–Crippen MR) is 98.9 cm³/mol. The van der Waals surface area contributed by atoms with Crippen LogP contribution in [0.4, 0.5) is 0 Å². The Labute approximate surface area is 140 Å². The van der Waals surface area contributed by atoms with Crippen LogP contribution in [-0.2, 0) is 9.53 Å². The molecule has 0 bridgehead atoms. The molecule has 0 atom stereocenters. The van der Waals surface area contributed by atoms with Gasteiger partial charge in [-0.1, -0.05) is 76.7 Å². The number of benzene rings is 2. The second-order valence-corrected chi connectivity index (χ2v) is 9.27. The fourth-order valence-electron chi connectivity index (χ4n) is 2.38. The first-order chi connectivity index (χ1) is 10.9. The second-order valence-electron chi connectivity index (χ2n) is 6.65. The minimum atomic E-state index is -1.60. The van der Waals surface area contributed by atoms with Crippen molar-refractivity contribution in [3.8, 4) is 0 Å². The Kier molecular flexibility index (Phi) is 5.56. The van der Waals surface area contributed by atoms with Crippen LogP contribution in [0.1, 0.15) is 27.7 Å². The van der Waals surface area contributed by atoms with Crippen molar-refractivity contribution in [3.63, 3.8) is 0 Å². The Bertz CT molecular complexity index is 630. The van der Waals surface area contributed by atoms with Crippen LogP contribution in [0.2, 0.25) is 0 Å². The van der Waals surface area contributed by atoms with Crippen molar-refractivity contribution in [3.05, 3.63) is 71.9 Å². The summed E-state index contributed by atoms with van der Waals surface area (Å²) in [5.41, 5.74) is 2.34.